The fraction of sp³-hybridized carbons (Fsp3) is 0.923. The van der Waals surface area contributed by atoms with Crippen molar-refractivity contribution in [2.24, 2.45) is 0 Å². The molecule has 0 aliphatic carbocycles. The van der Waals surface area contributed by atoms with Gasteiger partial charge in [-0.3, -0.25) is 9.69 Å². The van der Waals surface area contributed by atoms with Gasteiger partial charge in [0.15, 0.2) is 0 Å². The zero-order valence-corrected chi connectivity index (χ0v) is 10.5. The first kappa shape index (κ1) is 11.9. The molecule has 0 aromatic carbocycles. The molecule has 2 saturated heterocycles. The van der Waals surface area contributed by atoms with Crippen LogP contribution >= 0.6 is 0 Å². The molecule has 2 aliphatic rings. The molecule has 0 radical (unpaired) electrons. The van der Waals surface area contributed by atoms with E-state index in [-0.39, 0.29) is 0 Å². The zero-order chi connectivity index (χ0) is 11.4. The van der Waals surface area contributed by atoms with Crippen molar-refractivity contribution in [1.82, 2.24) is 9.80 Å². The Balaban J connectivity index is 1.84. The largest absolute Gasteiger partial charge is 0.342 e. The number of rotatable bonds is 3. The maximum absolute atomic E-state index is 12.1. The summed E-state index contributed by atoms with van der Waals surface area (Å²) in [7, 11) is 0. The standard InChI is InChI=1S/C13H24N2O/c1-2-12-7-3-4-10-15(12)11-13(16)14-8-5-6-9-14/h12H,2-11H2,1H3/t12-/m1/s1. The molecule has 3 nitrogen and oxygen atoms in total. The average Bonchev–Trinajstić information content (AvgIpc) is 2.83. The molecule has 2 heterocycles. The molecule has 2 fully saturated rings. The van der Waals surface area contributed by atoms with Gasteiger partial charge in [-0.05, 0) is 38.6 Å². The average molecular weight is 224 g/mol. The summed E-state index contributed by atoms with van der Waals surface area (Å²) in [5.41, 5.74) is 0. The van der Waals surface area contributed by atoms with Gasteiger partial charge in [0.25, 0.3) is 0 Å². The lowest BCUT2D eigenvalue weighted by molar-refractivity contribution is -0.132. The quantitative estimate of drug-likeness (QED) is 0.730. The molecule has 0 saturated carbocycles. The van der Waals surface area contributed by atoms with E-state index in [1.807, 2.05) is 4.90 Å². The van der Waals surface area contributed by atoms with Crippen LogP contribution in [0.3, 0.4) is 0 Å². The van der Waals surface area contributed by atoms with Crippen molar-refractivity contribution in [3.8, 4) is 0 Å². The number of carbonyl (C=O) groups is 1. The maximum Gasteiger partial charge on any atom is 0.236 e. The number of hydrogen-bond donors (Lipinski definition) is 0. The second kappa shape index (κ2) is 5.67. The first-order chi connectivity index (χ1) is 7.81. The molecule has 1 atom stereocenters. The fourth-order valence-electron chi connectivity index (χ4n) is 2.97. The van der Waals surface area contributed by atoms with E-state index in [1.165, 1.54) is 38.5 Å². The summed E-state index contributed by atoms with van der Waals surface area (Å²) in [5, 5.41) is 0. The van der Waals surface area contributed by atoms with Gasteiger partial charge in [0.1, 0.15) is 0 Å². The van der Waals surface area contributed by atoms with E-state index in [0.29, 0.717) is 18.5 Å². The number of piperidine rings is 1. The first-order valence-electron chi connectivity index (χ1n) is 6.83. The van der Waals surface area contributed by atoms with Crippen LogP contribution < -0.4 is 0 Å². The van der Waals surface area contributed by atoms with Crippen LogP contribution in [0.5, 0.6) is 0 Å². The van der Waals surface area contributed by atoms with E-state index in [4.69, 9.17) is 0 Å². The van der Waals surface area contributed by atoms with Gasteiger partial charge in [0.2, 0.25) is 5.91 Å². The van der Waals surface area contributed by atoms with Gasteiger partial charge in [-0.25, -0.2) is 0 Å². The summed E-state index contributed by atoms with van der Waals surface area (Å²) in [6.45, 7) is 6.01. The highest BCUT2D eigenvalue weighted by Crippen LogP contribution is 2.19. The van der Waals surface area contributed by atoms with Crippen molar-refractivity contribution in [2.75, 3.05) is 26.2 Å². The molecule has 16 heavy (non-hydrogen) atoms. The van der Waals surface area contributed by atoms with Crippen molar-refractivity contribution in [3.05, 3.63) is 0 Å². The Morgan fingerprint density at radius 3 is 2.50 bits per heavy atom. The molecule has 2 rings (SSSR count). The molecule has 0 N–H and O–H groups in total. The molecule has 0 aromatic rings. The van der Waals surface area contributed by atoms with E-state index in [2.05, 4.69) is 11.8 Å². The normalized spacial score (nSPS) is 27.3. The Morgan fingerprint density at radius 1 is 1.12 bits per heavy atom. The van der Waals surface area contributed by atoms with Crippen LogP contribution in [0.4, 0.5) is 0 Å². The first-order valence-corrected chi connectivity index (χ1v) is 6.83. The minimum Gasteiger partial charge on any atom is -0.342 e. The van der Waals surface area contributed by atoms with Crippen molar-refractivity contribution in [3.63, 3.8) is 0 Å². The lowest BCUT2D eigenvalue weighted by Crippen LogP contribution is -2.46. The van der Waals surface area contributed by atoms with Crippen LogP contribution in [0.2, 0.25) is 0 Å². The van der Waals surface area contributed by atoms with Gasteiger partial charge in [0.05, 0.1) is 6.54 Å². The highest BCUT2D eigenvalue weighted by Gasteiger charge is 2.25. The van der Waals surface area contributed by atoms with E-state index in [1.54, 1.807) is 0 Å². The molecule has 0 spiro atoms. The van der Waals surface area contributed by atoms with E-state index < -0.39 is 0 Å². The van der Waals surface area contributed by atoms with Gasteiger partial charge in [0, 0.05) is 19.1 Å². The third-order valence-electron chi connectivity index (χ3n) is 4.02. The molecular weight excluding hydrogens is 200 g/mol. The highest BCUT2D eigenvalue weighted by atomic mass is 16.2. The van der Waals surface area contributed by atoms with E-state index >= 15 is 0 Å². The minimum absolute atomic E-state index is 0.359. The summed E-state index contributed by atoms with van der Waals surface area (Å²) in [5.74, 6) is 0.359. The number of amides is 1. The van der Waals surface area contributed by atoms with Gasteiger partial charge < -0.3 is 4.90 Å². The van der Waals surface area contributed by atoms with Gasteiger partial charge >= 0.3 is 0 Å². The van der Waals surface area contributed by atoms with Gasteiger partial charge in [-0.2, -0.15) is 0 Å². The van der Waals surface area contributed by atoms with E-state index in [9.17, 15) is 4.79 Å². The lowest BCUT2D eigenvalue weighted by atomic mass is 10.00. The fourth-order valence-corrected chi connectivity index (χ4v) is 2.97. The van der Waals surface area contributed by atoms with Crippen LogP contribution in [0.25, 0.3) is 0 Å². The van der Waals surface area contributed by atoms with Crippen LogP contribution in [-0.4, -0.2) is 47.9 Å². The molecule has 1 amide bonds. The molecular formula is C13H24N2O. The van der Waals surface area contributed by atoms with Gasteiger partial charge in [-0.15, -0.1) is 0 Å². The van der Waals surface area contributed by atoms with E-state index in [0.717, 1.165) is 19.6 Å². The Kier molecular flexibility index (Phi) is 4.22. The van der Waals surface area contributed by atoms with Crippen molar-refractivity contribution < 1.29 is 4.79 Å². The summed E-state index contributed by atoms with van der Waals surface area (Å²) in [6.07, 6.45) is 7.47. The van der Waals surface area contributed by atoms with Crippen LogP contribution in [0.15, 0.2) is 0 Å². The Hall–Kier alpha value is -0.570. The molecule has 0 aromatic heterocycles. The van der Waals surface area contributed by atoms with Crippen LogP contribution in [0, 0.1) is 0 Å². The number of hydrogen-bond acceptors (Lipinski definition) is 2. The van der Waals surface area contributed by atoms with Gasteiger partial charge in [-0.1, -0.05) is 13.3 Å². The molecule has 0 bridgehead atoms. The smallest absolute Gasteiger partial charge is 0.236 e. The summed E-state index contributed by atoms with van der Waals surface area (Å²) < 4.78 is 0. The monoisotopic (exact) mass is 224 g/mol. The molecule has 92 valence electrons. The SMILES string of the molecule is CC[C@@H]1CCCCN1CC(=O)N1CCCC1. The van der Waals surface area contributed by atoms with Crippen molar-refractivity contribution >= 4 is 5.91 Å². The Morgan fingerprint density at radius 2 is 1.81 bits per heavy atom. The third-order valence-corrected chi connectivity index (χ3v) is 4.02. The number of nitrogens with zero attached hydrogens (tertiary/aromatic N) is 2. The van der Waals surface area contributed by atoms with Crippen molar-refractivity contribution in [2.45, 2.75) is 51.5 Å². The zero-order valence-electron chi connectivity index (χ0n) is 10.5. The summed E-state index contributed by atoms with van der Waals surface area (Å²) in [4.78, 5) is 16.5. The Bertz CT molecular complexity index is 236. The molecule has 0 unspecified atom stereocenters. The maximum atomic E-state index is 12.1. The predicted molar refractivity (Wildman–Crippen MR) is 65.3 cm³/mol. The summed E-state index contributed by atoms with van der Waals surface area (Å²) in [6, 6.07) is 0.653. The Labute approximate surface area is 98.8 Å². The highest BCUT2D eigenvalue weighted by molar-refractivity contribution is 5.78. The lowest BCUT2D eigenvalue weighted by Gasteiger charge is -2.35. The second-order valence-corrected chi connectivity index (χ2v) is 5.12. The number of likely N-dealkylation sites (tertiary alicyclic amines) is 2. The predicted octanol–water partition coefficient (Wildman–Crippen LogP) is 1.87. The topological polar surface area (TPSA) is 23.6 Å². The minimum atomic E-state index is 0.359. The van der Waals surface area contributed by atoms with Crippen LogP contribution in [-0.2, 0) is 4.79 Å². The van der Waals surface area contributed by atoms with Crippen LogP contribution in [0.1, 0.15) is 45.4 Å². The second-order valence-electron chi connectivity index (χ2n) is 5.12. The van der Waals surface area contributed by atoms with Crippen molar-refractivity contribution in [1.29, 1.82) is 0 Å². The molecule has 2 aliphatic heterocycles. The number of carbonyl (C=O) groups excluding carboxylic acids is 1. The summed E-state index contributed by atoms with van der Waals surface area (Å²) >= 11 is 0. The third kappa shape index (κ3) is 2.76. The molecule has 3 heteroatoms.